The third-order valence-corrected chi connectivity index (χ3v) is 5.19. The van der Waals surface area contributed by atoms with Gasteiger partial charge in [-0.25, -0.2) is 0 Å². The highest BCUT2D eigenvalue weighted by Gasteiger charge is 2.34. The van der Waals surface area contributed by atoms with Crippen LogP contribution in [0.25, 0.3) is 11.8 Å². The first kappa shape index (κ1) is 17.6. The van der Waals surface area contributed by atoms with E-state index in [-0.39, 0.29) is 17.7 Å². The van der Waals surface area contributed by atoms with E-state index < -0.39 is 0 Å². The molecule has 0 aliphatic carbocycles. The second kappa shape index (κ2) is 6.94. The van der Waals surface area contributed by atoms with Crippen molar-refractivity contribution in [2.24, 2.45) is 0 Å². The Balaban J connectivity index is 1.99. The fraction of sp³-hybridized carbons (Fsp3) is 0.158. The van der Waals surface area contributed by atoms with Crippen molar-refractivity contribution < 1.29 is 9.59 Å². The van der Waals surface area contributed by atoms with E-state index in [4.69, 9.17) is 11.6 Å². The standard InChI is InChI=1S/C19H17ClN2O2S/c1-4-9-21-18(23)17(25-19(21)24)11-14-10-12(2)22(13(14)3)16-7-5-15(20)6-8-16/h4-8,10-11H,1,9H2,2-3H3/b17-11-. The van der Waals surface area contributed by atoms with E-state index in [9.17, 15) is 9.59 Å². The summed E-state index contributed by atoms with van der Waals surface area (Å²) in [7, 11) is 0. The minimum absolute atomic E-state index is 0.228. The van der Waals surface area contributed by atoms with Crippen molar-refractivity contribution in [3.63, 3.8) is 0 Å². The number of carbonyl (C=O) groups excluding carboxylic acids is 2. The van der Waals surface area contributed by atoms with Crippen molar-refractivity contribution in [2.45, 2.75) is 13.8 Å². The number of benzene rings is 1. The Labute approximate surface area is 155 Å². The highest BCUT2D eigenvalue weighted by Crippen LogP contribution is 2.33. The summed E-state index contributed by atoms with van der Waals surface area (Å²) >= 11 is 6.93. The fourth-order valence-electron chi connectivity index (χ4n) is 2.85. The number of nitrogens with zero attached hydrogens (tertiary/aromatic N) is 2. The summed E-state index contributed by atoms with van der Waals surface area (Å²) < 4.78 is 2.09. The Morgan fingerprint density at radius 1 is 1.20 bits per heavy atom. The van der Waals surface area contributed by atoms with Crippen LogP contribution >= 0.6 is 23.4 Å². The Morgan fingerprint density at radius 2 is 1.88 bits per heavy atom. The summed E-state index contributed by atoms with van der Waals surface area (Å²) in [6.45, 7) is 7.80. The van der Waals surface area contributed by atoms with Gasteiger partial charge in [-0.3, -0.25) is 14.5 Å². The molecular weight excluding hydrogens is 356 g/mol. The van der Waals surface area contributed by atoms with Gasteiger partial charge in [-0.15, -0.1) is 6.58 Å². The van der Waals surface area contributed by atoms with Crippen molar-refractivity contribution in [3.8, 4) is 5.69 Å². The van der Waals surface area contributed by atoms with Crippen LogP contribution in [0.15, 0.2) is 47.9 Å². The van der Waals surface area contributed by atoms with Gasteiger partial charge in [0.15, 0.2) is 0 Å². The summed E-state index contributed by atoms with van der Waals surface area (Å²) in [6, 6.07) is 9.59. The lowest BCUT2D eigenvalue weighted by Gasteiger charge is -2.09. The van der Waals surface area contributed by atoms with E-state index >= 15 is 0 Å². The minimum Gasteiger partial charge on any atom is -0.318 e. The minimum atomic E-state index is -0.272. The van der Waals surface area contributed by atoms with E-state index in [2.05, 4.69) is 11.1 Å². The predicted octanol–water partition coefficient (Wildman–Crippen LogP) is 4.97. The molecule has 1 aromatic heterocycles. The molecule has 0 unspecified atom stereocenters. The molecule has 0 spiro atoms. The third-order valence-electron chi connectivity index (χ3n) is 4.03. The zero-order valence-electron chi connectivity index (χ0n) is 14.0. The topological polar surface area (TPSA) is 42.3 Å². The summed E-state index contributed by atoms with van der Waals surface area (Å²) in [5.74, 6) is -0.272. The van der Waals surface area contributed by atoms with Gasteiger partial charge >= 0.3 is 0 Å². The van der Waals surface area contributed by atoms with Crippen molar-refractivity contribution in [1.29, 1.82) is 0 Å². The first-order valence-corrected chi connectivity index (χ1v) is 8.93. The van der Waals surface area contributed by atoms with Gasteiger partial charge in [-0.05, 0) is 67.6 Å². The van der Waals surface area contributed by atoms with E-state index in [0.29, 0.717) is 9.93 Å². The Bertz CT molecular complexity index is 897. The molecule has 1 fully saturated rings. The first-order valence-electron chi connectivity index (χ1n) is 7.73. The molecule has 0 N–H and O–H groups in total. The normalized spacial score (nSPS) is 16.1. The second-order valence-corrected chi connectivity index (χ2v) is 7.15. The smallest absolute Gasteiger partial charge is 0.293 e. The van der Waals surface area contributed by atoms with E-state index in [1.54, 1.807) is 12.2 Å². The molecule has 1 aliphatic heterocycles. The zero-order chi connectivity index (χ0) is 18.1. The monoisotopic (exact) mass is 372 g/mol. The number of imide groups is 1. The van der Waals surface area contributed by atoms with Gasteiger partial charge < -0.3 is 4.57 Å². The molecule has 128 valence electrons. The number of rotatable bonds is 4. The van der Waals surface area contributed by atoms with Crippen molar-refractivity contribution in [2.75, 3.05) is 6.54 Å². The molecule has 3 rings (SSSR count). The molecule has 1 aliphatic rings. The Hall–Kier alpha value is -2.24. The molecule has 25 heavy (non-hydrogen) atoms. The van der Waals surface area contributed by atoms with Crippen molar-refractivity contribution >= 4 is 40.6 Å². The van der Waals surface area contributed by atoms with Crippen LogP contribution in [-0.2, 0) is 4.79 Å². The Morgan fingerprint density at radius 3 is 2.52 bits per heavy atom. The summed E-state index contributed by atoms with van der Waals surface area (Å²) in [5.41, 5.74) is 3.95. The van der Waals surface area contributed by atoms with Gasteiger partial charge in [0.2, 0.25) is 0 Å². The largest absolute Gasteiger partial charge is 0.318 e. The average Bonchev–Trinajstić information content (AvgIpc) is 3.00. The number of thioether (sulfide) groups is 1. The third kappa shape index (κ3) is 3.30. The van der Waals surface area contributed by atoms with E-state index in [1.165, 1.54) is 4.90 Å². The molecule has 2 heterocycles. The van der Waals surface area contributed by atoms with Crippen LogP contribution in [0, 0.1) is 13.8 Å². The van der Waals surface area contributed by atoms with Gasteiger partial charge in [-0.1, -0.05) is 17.7 Å². The predicted molar refractivity (Wildman–Crippen MR) is 103 cm³/mol. The molecule has 1 aromatic carbocycles. The summed E-state index contributed by atoms with van der Waals surface area (Å²) in [4.78, 5) is 25.9. The van der Waals surface area contributed by atoms with Gasteiger partial charge in [0.1, 0.15) is 0 Å². The average molecular weight is 373 g/mol. The van der Waals surface area contributed by atoms with Crippen LogP contribution in [0.2, 0.25) is 5.02 Å². The van der Waals surface area contributed by atoms with Gasteiger partial charge in [0.25, 0.3) is 11.1 Å². The number of hydrogen-bond donors (Lipinski definition) is 0. The van der Waals surface area contributed by atoms with E-state index in [1.807, 2.05) is 44.2 Å². The number of amides is 2. The maximum absolute atomic E-state index is 12.4. The van der Waals surface area contributed by atoms with Crippen LogP contribution < -0.4 is 0 Å². The molecular formula is C19H17ClN2O2S. The molecule has 0 bridgehead atoms. The number of halogens is 1. The maximum atomic E-state index is 12.4. The Kier molecular flexibility index (Phi) is 4.88. The van der Waals surface area contributed by atoms with Crippen LogP contribution in [-0.4, -0.2) is 27.2 Å². The SMILES string of the molecule is C=CCN1C(=O)S/C(=C\c2cc(C)n(-c3ccc(Cl)cc3)c2C)C1=O. The van der Waals surface area contributed by atoms with Crippen LogP contribution in [0.4, 0.5) is 4.79 Å². The molecule has 0 atom stereocenters. The summed E-state index contributed by atoms with van der Waals surface area (Å²) in [6.07, 6.45) is 3.33. The van der Waals surface area contributed by atoms with Gasteiger partial charge in [-0.2, -0.15) is 0 Å². The molecule has 1 saturated heterocycles. The molecule has 2 aromatic rings. The van der Waals surface area contributed by atoms with Gasteiger partial charge in [0.05, 0.1) is 4.91 Å². The highest BCUT2D eigenvalue weighted by molar-refractivity contribution is 8.18. The number of hydrogen-bond acceptors (Lipinski definition) is 3. The van der Waals surface area contributed by atoms with E-state index in [0.717, 1.165) is 34.4 Å². The highest BCUT2D eigenvalue weighted by atomic mass is 35.5. The zero-order valence-corrected chi connectivity index (χ0v) is 15.5. The molecule has 0 saturated carbocycles. The van der Waals surface area contributed by atoms with Gasteiger partial charge in [0, 0.05) is 28.6 Å². The maximum Gasteiger partial charge on any atom is 0.293 e. The lowest BCUT2D eigenvalue weighted by molar-refractivity contribution is -0.122. The summed E-state index contributed by atoms with van der Waals surface area (Å²) in [5, 5.41) is 0.421. The van der Waals surface area contributed by atoms with Crippen molar-refractivity contribution in [3.05, 3.63) is 69.9 Å². The van der Waals surface area contributed by atoms with Crippen LogP contribution in [0.5, 0.6) is 0 Å². The molecule has 2 amide bonds. The fourth-order valence-corrected chi connectivity index (χ4v) is 3.81. The van der Waals surface area contributed by atoms with Crippen LogP contribution in [0.3, 0.4) is 0 Å². The lowest BCUT2D eigenvalue weighted by atomic mass is 10.2. The molecule has 4 nitrogen and oxygen atoms in total. The molecule has 6 heteroatoms. The number of aryl methyl sites for hydroxylation is 1. The van der Waals surface area contributed by atoms with Crippen molar-refractivity contribution in [1.82, 2.24) is 9.47 Å². The number of carbonyl (C=O) groups is 2. The quantitative estimate of drug-likeness (QED) is 0.562. The van der Waals surface area contributed by atoms with Crippen LogP contribution in [0.1, 0.15) is 17.0 Å². The second-order valence-electron chi connectivity index (χ2n) is 5.72. The lowest BCUT2D eigenvalue weighted by Crippen LogP contribution is -2.27. The number of aromatic nitrogens is 1. The first-order chi connectivity index (χ1) is 11.9. The molecule has 0 radical (unpaired) electrons.